The van der Waals surface area contributed by atoms with Gasteiger partial charge in [-0.15, -0.1) is 0 Å². The van der Waals surface area contributed by atoms with Crippen LogP contribution in [0.1, 0.15) is 27.6 Å². The molecule has 0 atom stereocenters. The fourth-order valence-corrected chi connectivity index (χ4v) is 1.97. The third-order valence-electron chi connectivity index (χ3n) is 2.92. The molecule has 2 rings (SSSR count). The smallest absolute Gasteiger partial charge is 0.338 e. The third-order valence-corrected chi connectivity index (χ3v) is 2.92. The van der Waals surface area contributed by atoms with E-state index in [0.717, 1.165) is 0 Å². The number of methoxy groups -OCH3 is 1. The van der Waals surface area contributed by atoms with Crippen molar-refractivity contribution >= 4 is 11.9 Å². The minimum atomic E-state index is -0.441. The number of esters is 2. The van der Waals surface area contributed by atoms with E-state index in [1.807, 2.05) is 0 Å². The van der Waals surface area contributed by atoms with Crippen molar-refractivity contribution in [3.63, 3.8) is 0 Å². The van der Waals surface area contributed by atoms with Gasteiger partial charge in [0, 0.05) is 5.56 Å². The van der Waals surface area contributed by atoms with Gasteiger partial charge in [-0.1, -0.05) is 24.3 Å². The van der Waals surface area contributed by atoms with E-state index in [1.165, 1.54) is 7.11 Å². The second-order valence-electron chi connectivity index (χ2n) is 4.25. The summed E-state index contributed by atoms with van der Waals surface area (Å²) in [5.74, 6) is -0.835. The molecule has 0 fully saturated rings. The van der Waals surface area contributed by atoms with Crippen LogP contribution in [0.25, 0.3) is 11.1 Å². The molecule has 1 radical (unpaired) electrons. The molecule has 0 spiro atoms. The zero-order valence-electron chi connectivity index (χ0n) is 11.9. The van der Waals surface area contributed by atoms with Crippen LogP contribution in [0.15, 0.2) is 42.5 Å². The van der Waals surface area contributed by atoms with Crippen LogP contribution < -0.4 is 0 Å². The van der Waals surface area contributed by atoms with E-state index in [4.69, 9.17) is 9.47 Å². The van der Waals surface area contributed by atoms with Crippen LogP contribution in [-0.2, 0) is 9.47 Å². The normalized spacial score (nSPS) is 10.0. The Kier molecular flexibility index (Phi) is 4.72. The summed E-state index contributed by atoms with van der Waals surface area (Å²) < 4.78 is 9.74. The second kappa shape index (κ2) is 6.70. The van der Waals surface area contributed by atoms with Crippen molar-refractivity contribution in [1.29, 1.82) is 0 Å². The largest absolute Gasteiger partial charge is 0.465 e. The molecule has 4 nitrogen and oxygen atoms in total. The quantitative estimate of drug-likeness (QED) is 0.809. The monoisotopic (exact) mass is 283 g/mol. The Morgan fingerprint density at radius 1 is 1.14 bits per heavy atom. The summed E-state index contributed by atoms with van der Waals surface area (Å²) in [4.78, 5) is 23.6. The molecular formula is C17H15O4. The van der Waals surface area contributed by atoms with Gasteiger partial charge < -0.3 is 9.47 Å². The molecule has 21 heavy (non-hydrogen) atoms. The van der Waals surface area contributed by atoms with Crippen LogP contribution >= 0.6 is 0 Å². The Morgan fingerprint density at radius 3 is 2.67 bits per heavy atom. The molecule has 0 amide bonds. The molecule has 2 aromatic rings. The summed E-state index contributed by atoms with van der Waals surface area (Å²) >= 11 is 0. The van der Waals surface area contributed by atoms with Crippen LogP contribution in [0.5, 0.6) is 0 Å². The predicted molar refractivity (Wildman–Crippen MR) is 78.0 cm³/mol. The Bertz CT molecular complexity index is 661. The summed E-state index contributed by atoms with van der Waals surface area (Å²) in [5.41, 5.74) is 2.14. The van der Waals surface area contributed by atoms with E-state index in [1.54, 1.807) is 49.4 Å². The van der Waals surface area contributed by atoms with Crippen LogP contribution in [0.3, 0.4) is 0 Å². The Labute approximate surface area is 123 Å². The maximum Gasteiger partial charge on any atom is 0.338 e. The lowest BCUT2D eigenvalue weighted by Gasteiger charge is -2.09. The van der Waals surface area contributed by atoms with Gasteiger partial charge in [0.2, 0.25) is 0 Å². The Hall–Kier alpha value is -2.62. The Morgan fingerprint density at radius 2 is 1.95 bits per heavy atom. The molecule has 0 heterocycles. The number of carbonyl (C=O) groups is 2. The van der Waals surface area contributed by atoms with Crippen LogP contribution in [0.2, 0.25) is 0 Å². The predicted octanol–water partition coefficient (Wildman–Crippen LogP) is 3.12. The van der Waals surface area contributed by atoms with E-state index in [-0.39, 0.29) is 0 Å². The molecular weight excluding hydrogens is 268 g/mol. The van der Waals surface area contributed by atoms with Gasteiger partial charge in [0.1, 0.15) is 0 Å². The van der Waals surface area contributed by atoms with Crippen LogP contribution in [0.4, 0.5) is 0 Å². The zero-order chi connectivity index (χ0) is 15.2. The standard InChI is InChI=1S/C17H15O4/c1-3-21-16(18)13-8-6-7-12(11-13)14-9-4-5-10-15(14)17(19)20-2/h4-8,10-11H,3H2,1-2H3. The maximum absolute atomic E-state index is 11.8. The van der Waals surface area contributed by atoms with E-state index >= 15 is 0 Å². The van der Waals surface area contributed by atoms with E-state index in [0.29, 0.717) is 28.9 Å². The summed E-state index contributed by atoms with van der Waals surface area (Å²) in [6, 6.07) is 15.0. The van der Waals surface area contributed by atoms with Gasteiger partial charge in [-0.25, -0.2) is 9.59 Å². The van der Waals surface area contributed by atoms with Gasteiger partial charge in [-0.3, -0.25) is 0 Å². The van der Waals surface area contributed by atoms with Crippen molar-refractivity contribution in [2.45, 2.75) is 6.92 Å². The molecule has 0 saturated heterocycles. The van der Waals surface area contributed by atoms with Crippen molar-refractivity contribution < 1.29 is 19.1 Å². The first-order chi connectivity index (χ1) is 10.2. The lowest BCUT2D eigenvalue weighted by molar-refractivity contribution is 0.0525. The van der Waals surface area contributed by atoms with Crippen LogP contribution in [-0.4, -0.2) is 25.7 Å². The lowest BCUT2D eigenvalue weighted by atomic mass is 9.98. The van der Waals surface area contributed by atoms with Gasteiger partial charge in [-0.05, 0) is 36.8 Å². The number of rotatable bonds is 4. The first-order valence-electron chi connectivity index (χ1n) is 6.54. The first kappa shape index (κ1) is 14.8. The highest BCUT2D eigenvalue weighted by Gasteiger charge is 2.14. The molecule has 0 unspecified atom stereocenters. The molecule has 2 aromatic carbocycles. The summed E-state index contributed by atoms with van der Waals surface area (Å²) in [6.07, 6.45) is 0. The zero-order valence-corrected chi connectivity index (χ0v) is 11.9. The van der Waals surface area contributed by atoms with Crippen molar-refractivity contribution in [3.8, 4) is 11.1 Å². The van der Waals surface area contributed by atoms with Gasteiger partial charge in [0.15, 0.2) is 0 Å². The van der Waals surface area contributed by atoms with Crippen molar-refractivity contribution in [1.82, 2.24) is 0 Å². The highest BCUT2D eigenvalue weighted by atomic mass is 16.5. The lowest BCUT2D eigenvalue weighted by Crippen LogP contribution is -2.06. The van der Waals surface area contributed by atoms with E-state index < -0.39 is 11.9 Å². The molecule has 0 aliphatic rings. The first-order valence-corrected chi connectivity index (χ1v) is 6.54. The van der Waals surface area contributed by atoms with Gasteiger partial charge in [0.25, 0.3) is 0 Å². The number of hydrogen-bond donors (Lipinski definition) is 0. The average Bonchev–Trinajstić information content (AvgIpc) is 2.54. The number of benzene rings is 2. The SMILES string of the molecule is CCOC(=O)c1cccc(-c2[c]cccc2C(=O)OC)c1. The summed E-state index contributed by atoms with van der Waals surface area (Å²) in [6.45, 7) is 2.07. The van der Waals surface area contributed by atoms with Crippen molar-refractivity contribution in [3.05, 3.63) is 59.7 Å². The highest BCUT2D eigenvalue weighted by Crippen LogP contribution is 2.25. The molecule has 4 heteroatoms. The second-order valence-corrected chi connectivity index (χ2v) is 4.25. The number of carbonyl (C=O) groups excluding carboxylic acids is 2. The maximum atomic E-state index is 11.8. The minimum Gasteiger partial charge on any atom is -0.465 e. The topological polar surface area (TPSA) is 52.6 Å². The minimum absolute atomic E-state index is 0.313. The van der Waals surface area contributed by atoms with Crippen molar-refractivity contribution in [2.24, 2.45) is 0 Å². The number of ether oxygens (including phenoxy) is 2. The molecule has 0 saturated carbocycles. The molecule has 0 aliphatic carbocycles. The summed E-state index contributed by atoms with van der Waals surface area (Å²) in [5, 5.41) is 0. The van der Waals surface area contributed by atoms with Gasteiger partial charge in [0.05, 0.1) is 24.8 Å². The average molecular weight is 283 g/mol. The summed E-state index contributed by atoms with van der Waals surface area (Å²) in [7, 11) is 1.33. The Balaban J connectivity index is 2.46. The molecule has 107 valence electrons. The fourth-order valence-electron chi connectivity index (χ4n) is 1.97. The van der Waals surface area contributed by atoms with Gasteiger partial charge >= 0.3 is 11.9 Å². The molecule has 0 aromatic heterocycles. The van der Waals surface area contributed by atoms with E-state index in [2.05, 4.69) is 6.07 Å². The molecule has 0 aliphatic heterocycles. The number of hydrogen-bond acceptors (Lipinski definition) is 4. The van der Waals surface area contributed by atoms with Crippen molar-refractivity contribution in [2.75, 3.05) is 13.7 Å². The fraction of sp³-hybridized carbons (Fsp3) is 0.176. The highest BCUT2D eigenvalue weighted by molar-refractivity contribution is 5.98. The third kappa shape index (κ3) is 3.28. The van der Waals surface area contributed by atoms with Gasteiger partial charge in [-0.2, -0.15) is 0 Å². The molecule has 0 bridgehead atoms. The van der Waals surface area contributed by atoms with E-state index in [9.17, 15) is 9.59 Å². The molecule has 0 N–H and O–H groups in total. The van der Waals surface area contributed by atoms with Crippen LogP contribution in [0, 0.1) is 6.07 Å².